The minimum Gasteiger partial charge on any atom is -0.389 e. The van der Waals surface area contributed by atoms with Crippen molar-refractivity contribution in [1.82, 2.24) is 0 Å². The highest BCUT2D eigenvalue weighted by Gasteiger charge is 2.63. The van der Waals surface area contributed by atoms with E-state index in [4.69, 9.17) is 4.74 Å². The molecule has 4 nitrogen and oxygen atoms in total. The van der Waals surface area contributed by atoms with Gasteiger partial charge in [0.2, 0.25) is 0 Å². The van der Waals surface area contributed by atoms with Gasteiger partial charge in [-0.25, -0.2) is 0 Å². The van der Waals surface area contributed by atoms with Gasteiger partial charge in [0, 0.05) is 12.3 Å². The van der Waals surface area contributed by atoms with Crippen LogP contribution in [0.4, 0.5) is 0 Å². The van der Waals surface area contributed by atoms with E-state index in [1.165, 1.54) is 5.57 Å². The Hall–Kier alpha value is -1.26. The molecule has 3 fully saturated rings. The SMILES string of the molecule is CC(C)=C[C@H]1C[C@H](C)[C@]2(CC[C@]3(C)C[C@@H]4[C@H](C(=O)C[C@@]4(C)O)C(C=O)=CC[C@@H]32)O1. The molecule has 160 valence electrons. The molecule has 1 saturated heterocycles. The number of carbonyl (C=O) groups excluding carboxylic acids is 2. The maximum absolute atomic E-state index is 12.7. The third kappa shape index (κ3) is 3.18. The molecule has 29 heavy (non-hydrogen) atoms. The third-order valence-corrected chi connectivity index (χ3v) is 8.68. The number of ketones is 1. The quantitative estimate of drug-likeness (QED) is 0.551. The van der Waals surface area contributed by atoms with E-state index in [1.54, 1.807) is 6.92 Å². The van der Waals surface area contributed by atoms with Gasteiger partial charge in [-0.15, -0.1) is 0 Å². The van der Waals surface area contributed by atoms with Crippen LogP contribution in [0.1, 0.15) is 73.1 Å². The van der Waals surface area contributed by atoms with Crippen LogP contribution in [-0.2, 0) is 14.3 Å². The molecule has 0 bridgehead atoms. The molecule has 4 aliphatic rings. The summed E-state index contributed by atoms with van der Waals surface area (Å²) in [6.45, 7) is 10.7. The molecule has 4 heteroatoms. The van der Waals surface area contributed by atoms with Gasteiger partial charge in [-0.05, 0) is 75.7 Å². The number of rotatable bonds is 2. The lowest BCUT2D eigenvalue weighted by molar-refractivity contribution is -0.122. The Kier molecular flexibility index (Phi) is 4.98. The van der Waals surface area contributed by atoms with Crippen LogP contribution in [0.15, 0.2) is 23.3 Å². The van der Waals surface area contributed by atoms with E-state index >= 15 is 0 Å². The van der Waals surface area contributed by atoms with Crippen LogP contribution >= 0.6 is 0 Å². The van der Waals surface area contributed by atoms with Crippen LogP contribution in [0.2, 0.25) is 0 Å². The molecule has 3 aliphatic carbocycles. The van der Waals surface area contributed by atoms with Crippen molar-refractivity contribution < 1.29 is 19.4 Å². The molecule has 0 aromatic heterocycles. The molecule has 2 saturated carbocycles. The number of carbonyl (C=O) groups is 2. The van der Waals surface area contributed by atoms with Crippen molar-refractivity contribution in [2.75, 3.05) is 0 Å². The number of aldehydes is 1. The lowest BCUT2D eigenvalue weighted by Gasteiger charge is -2.45. The Morgan fingerprint density at radius 2 is 2.00 bits per heavy atom. The van der Waals surface area contributed by atoms with Crippen LogP contribution in [0.3, 0.4) is 0 Å². The molecule has 0 aromatic carbocycles. The molecule has 0 amide bonds. The second kappa shape index (κ2) is 6.88. The topological polar surface area (TPSA) is 63.6 Å². The van der Waals surface area contributed by atoms with E-state index in [1.807, 2.05) is 6.08 Å². The summed E-state index contributed by atoms with van der Waals surface area (Å²) in [7, 11) is 0. The van der Waals surface area contributed by atoms with Crippen molar-refractivity contribution in [3.63, 3.8) is 0 Å². The summed E-state index contributed by atoms with van der Waals surface area (Å²) in [6.07, 6.45) is 10.0. The van der Waals surface area contributed by atoms with Crippen LogP contribution in [0, 0.1) is 29.1 Å². The van der Waals surface area contributed by atoms with Crippen LogP contribution < -0.4 is 0 Å². The average Bonchev–Trinajstić information content (AvgIpc) is 3.12. The Morgan fingerprint density at radius 3 is 2.66 bits per heavy atom. The zero-order valence-corrected chi connectivity index (χ0v) is 18.5. The van der Waals surface area contributed by atoms with Gasteiger partial charge in [-0.2, -0.15) is 0 Å². The van der Waals surface area contributed by atoms with Gasteiger partial charge in [-0.3, -0.25) is 9.59 Å². The zero-order valence-electron chi connectivity index (χ0n) is 18.5. The summed E-state index contributed by atoms with van der Waals surface area (Å²) in [4.78, 5) is 24.6. The van der Waals surface area contributed by atoms with Gasteiger partial charge in [0.1, 0.15) is 12.1 Å². The lowest BCUT2D eigenvalue weighted by atomic mass is 9.62. The van der Waals surface area contributed by atoms with E-state index in [0.717, 1.165) is 38.4 Å². The number of fused-ring (bicyclic) bond motifs is 3. The number of ether oxygens (including phenoxy) is 1. The second-order valence-electron chi connectivity index (χ2n) is 11.0. The van der Waals surface area contributed by atoms with Crippen LogP contribution in [0.25, 0.3) is 0 Å². The van der Waals surface area contributed by atoms with Gasteiger partial charge in [-0.1, -0.05) is 31.6 Å². The monoisotopic (exact) mass is 400 g/mol. The number of hydrogen-bond donors (Lipinski definition) is 1. The Labute approximate surface area is 174 Å². The Balaban J connectivity index is 1.74. The maximum atomic E-state index is 12.7. The number of aliphatic hydroxyl groups is 1. The van der Waals surface area contributed by atoms with E-state index < -0.39 is 11.5 Å². The smallest absolute Gasteiger partial charge is 0.146 e. The van der Waals surface area contributed by atoms with Crippen LogP contribution in [-0.4, -0.2) is 34.5 Å². The number of hydrogen-bond acceptors (Lipinski definition) is 4. The Morgan fingerprint density at radius 1 is 1.28 bits per heavy atom. The molecule has 1 N–H and O–H groups in total. The lowest BCUT2D eigenvalue weighted by Crippen LogP contribution is -2.46. The van der Waals surface area contributed by atoms with Crippen molar-refractivity contribution in [3.8, 4) is 0 Å². The minimum absolute atomic E-state index is 0.00341. The van der Waals surface area contributed by atoms with E-state index in [0.29, 0.717) is 17.4 Å². The average molecular weight is 401 g/mol. The predicted octanol–water partition coefficient (Wildman–Crippen LogP) is 4.41. The highest BCUT2D eigenvalue weighted by molar-refractivity contribution is 5.94. The van der Waals surface area contributed by atoms with Gasteiger partial charge >= 0.3 is 0 Å². The van der Waals surface area contributed by atoms with E-state index in [-0.39, 0.29) is 35.2 Å². The fourth-order valence-electron chi connectivity index (χ4n) is 7.28. The van der Waals surface area contributed by atoms with Crippen molar-refractivity contribution >= 4 is 12.1 Å². The van der Waals surface area contributed by atoms with E-state index in [2.05, 4.69) is 33.8 Å². The van der Waals surface area contributed by atoms with Gasteiger partial charge in [0.15, 0.2) is 0 Å². The van der Waals surface area contributed by atoms with Gasteiger partial charge in [0.25, 0.3) is 0 Å². The molecular formula is C25H36O4. The highest BCUT2D eigenvalue weighted by Crippen LogP contribution is 2.64. The molecule has 0 unspecified atom stereocenters. The maximum Gasteiger partial charge on any atom is 0.146 e. The van der Waals surface area contributed by atoms with Crippen molar-refractivity contribution in [1.29, 1.82) is 0 Å². The predicted molar refractivity (Wildman–Crippen MR) is 112 cm³/mol. The first kappa shape index (κ1) is 21.0. The first-order valence-electron chi connectivity index (χ1n) is 11.3. The third-order valence-electron chi connectivity index (χ3n) is 8.68. The molecule has 1 heterocycles. The molecule has 4 rings (SSSR count). The summed E-state index contributed by atoms with van der Waals surface area (Å²) in [5.41, 5.74) is 0.628. The van der Waals surface area contributed by atoms with Gasteiger partial charge in [0.05, 0.1) is 23.2 Å². The summed E-state index contributed by atoms with van der Waals surface area (Å²) >= 11 is 0. The Bertz CT molecular complexity index is 774. The van der Waals surface area contributed by atoms with Crippen molar-refractivity contribution in [3.05, 3.63) is 23.3 Å². The summed E-state index contributed by atoms with van der Waals surface area (Å²) in [6, 6.07) is 0. The molecule has 1 aliphatic heterocycles. The standard InChI is InChI=1S/C25H36O4/c1-15(2)10-18-11-16(3)25(29-18)9-8-23(4)12-19-22(20(27)13-24(19,5)28)17(14-26)6-7-21(23)25/h6,10,14,16,18-19,21-22,28H,7-9,11-13H2,1-5H3/t16-,18-,19+,21-,22+,23+,24+,25-/m0/s1. The molecule has 0 aromatic rings. The molecule has 0 radical (unpaired) electrons. The molecule has 8 atom stereocenters. The summed E-state index contributed by atoms with van der Waals surface area (Å²) in [5, 5.41) is 11.1. The number of allylic oxidation sites excluding steroid dienone is 3. The largest absolute Gasteiger partial charge is 0.389 e. The molecular weight excluding hydrogens is 364 g/mol. The minimum atomic E-state index is -1.04. The number of Topliss-reactive ketones (excluding diaryl/α,β-unsaturated/α-hetero) is 1. The van der Waals surface area contributed by atoms with E-state index in [9.17, 15) is 14.7 Å². The first-order chi connectivity index (χ1) is 13.5. The van der Waals surface area contributed by atoms with Crippen molar-refractivity contribution in [2.24, 2.45) is 29.1 Å². The zero-order chi connectivity index (χ0) is 21.2. The van der Waals surface area contributed by atoms with Crippen LogP contribution in [0.5, 0.6) is 0 Å². The fourth-order valence-corrected chi connectivity index (χ4v) is 7.28. The first-order valence-corrected chi connectivity index (χ1v) is 11.3. The fraction of sp³-hybridized carbons (Fsp3) is 0.760. The summed E-state index contributed by atoms with van der Waals surface area (Å²) in [5.74, 6) is 0.117. The highest BCUT2D eigenvalue weighted by atomic mass is 16.5. The normalized spacial score (nSPS) is 49.2. The van der Waals surface area contributed by atoms with Crippen molar-refractivity contribution in [2.45, 2.75) is 90.4 Å². The second-order valence-corrected chi connectivity index (χ2v) is 11.0. The summed E-state index contributed by atoms with van der Waals surface area (Å²) < 4.78 is 6.79. The molecule has 1 spiro atoms. The van der Waals surface area contributed by atoms with Gasteiger partial charge < -0.3 is 9.84 Å².